The van der Waals surface area contributed by atoms with Crippen LogP contribution in [0.5, 0.6) is 0 Å². The Labute approximate surface area is 155 Å². The first kappa shape index (κ1) is 17.2. The third-order valence-corrected chi connectivity index (χ3v) is 5.57. The highest BCUT2D eigenvalue weighted by atomic mass is 15.3. The number of rotatable bonds is 5. The summed E-state index contributed by atoms with van der Waals surface area (Å²) in [5, 5.41) is 8.87. The van der Waals surface area contributed by atoms with Gasteiger partial charge in [0.2, 0.25) is 0 Å². The smallest absolute Gasteiger partial charge is 0.0706 e. The summed E-state index contributed by atoms with van der Waals surface area (Å²) in [6, 6.07) is 6.69. The fourth-order valence-corrected chi connectivity index (χ4v) is 4.44. The highest BCUT2D eigenvalue weighted by Crippen LogP contribution is 2.35. The van der Waals surface area contributed by atoms with E-state index in [-0.39, 0.29) is 0 Å². The summed E-state index contributed by atoms with van der Waals surface area (Å²) >= 11 is 0. The molecule has 6 heteroatoms. The van der Waals surface area contributed by atoms with E-state index in [0.29, 0.717) is 12.0 Å². The zero-order chi connectivity index (χ0) is 18.1. The minimum absolute atomic E-state index is 0.448. The molecule has 1 aliphatic heterocycles. The lowest BCUT2D eigenvalue weighted by Gasteiger charge is -2.40. The third-order valence-electron chi connectivity index (χ3n) is 5.57. The molecule has 0 spiro atoms. The molecule has 138 valence electrons. The fourth-order valence-electron chi connectivity index (χ4n) is 4.44. The fraction of sp³-hybridized carbons (Fsp3) is 0.500. The van der Waals surface area contributed by atoms with Crippen molar-refractivity contribution in [3.8, 4) is 0 Å². The van der Waals surface area contributed by atoms with E-state index < -0.39 is 0 Å². The van der Waals surface area contributed by atoms with Crippen LogP contribution in [0.1, 0.15) is 30.0 Å². The SMILES string of the molecule is CN(Cc1cnn2ccccc12)C[C@@H]1CCCN(C)[C@H]1c1cnn(C)c1. The highest BCUT2D eigenvalue weighted by Gasteiger charge is 2.32. The maximum atomic E-state index is 4.47. The zero-order valence-electron chi connectivity index (χ0n) is 15.9. The van der Waals surface area contributed by atoms with Gasteiger partial charge in [0, 0.05) is 49.7 Å². The van der Waals surface area contributed by atoms with E-state index in [1.165, 1.54) is 29.5 Å². The van der Waals surface area contributed by atoms with Crippen molar-refractivity contribution in [2.75, 3.05) is 27.2 Å². The summed E-state index contributed by atoms with van der Waals surface area (Å²) in [5.74, 6) is 0.616. The van der Waals surface area contributed by atoms with Gasteiger partial charge in [0.25, 0.3) is 0 Å². The molecule has 1 fully saturated rings. The van der Waals surface area contributed by atoms with Gasteiger partial charge in [-0.05, 0) is 51.5 Å². The number of nitrogens with zero attached hydrogens (tertiary/aromatic N) is 6. The first-order valence-corrected chi connectivity index (χ1v) is 9.40. The highest BCUT2D eigenvalue weighted by molar-refractivity contribution is 5.53. The molecule has 1 saturated heterocycles. The van der Waals surface area contributed by atoms with Gasteiger partial charge in [-0.15, -0.1) is 0 Å². The van der Waals surface area contributed by atoms with Crippen LogP contribution in [0.2, 0.25) is 0 Å². The number of fused-ring (bicyclic) bond motifs is 1. The van der Waals surface area contributed by atoms with Gasteiger partial charge in [0.15, 0.2) is 0 Å². The molecule has 4 rings (SSSR count). The van der Waals surface area contributed by atoms with Crippen LogP contribution < -0.4 is 0 Å². The van der Waals surface area contributed by atoms with E-state index >= 15 is 0 Å². The standard InChI is InChI=1S/C20H28N6/c1-23(14-17-11-22-26-10-5-4-8-19(17)26)13-16-7-6-9-24(2)20(16)18-12-21-25(3)15-18/h4-5,8,10-12,15-16,20H,6-7,9,13-14H2,1-3H3/t16-,20+/m0/s1. The molecular formula is C20H28N6. The van der Waals surface area contributed by atoms with Crippen LogP contribution in [-0.4, -0.2) is 56.4 Å². The summed E-state index contributed by atoms with van der Waals surface area (Å²) < 4.78 is 3.87. The van der Waals surface area contributed by atoms with Crippen molar-refractivity contribution >= 4 is 5.52 Å². The topological polar surface area (TPSA) is 41.6 Å². The van der Waals surface area contributed by atoms with Crippen molar-refractivity contribution in [2.24, 2.45) is 13.0 Å². The molecule has 0 bridgehead atoms. The van der Waals surface area contributed by atoms with Crippen molar-refractivity contribution in [2.45, 2.75) is 25.4 Å². The maximum absolute atomic E-state index is 4.47. The van der Waals surface area contributed by atoms with Gasteiger partial charge in [0.1, 0.15) is 0 Å². The predicted octanol–water partition coefficient (Wildman–Crippen LogP) is 2.58. The Kier molecular flexibility index (Phi) is 4.78. The first-order valence-electron chi connectivity index (χ1n) is 9.40. The van der Waals surface area contributed by atoms with Crippen LogP contribution >= 0.6 is 0 Å². The van der Waals surface area contributed by atoms with Crippen LogP contribution in [0.25, 0.3) is 5.52 Å². The van der Waals surface area contributed by atoms with E-state index in [2.05, 4.69) is 52.4 Å². The number of hydrogen-bond donors (Lipinski definition) is 0. The molecule has 0 aromatic carbocycles. The van der Waals surface area contributed by atoms with Gasteiger partial charge in [-0.1, -0.05) is 6.07 Å². The first-order chi connectivity index (χ1) is 12.6. The van der Waals surface area contributed by atoms with Gasteiger partial charge >= 0.3 is 0 Å². The number of hydrogen-bond acceptors (Lipinski definition) is 4. The molecule has 2 atom stereocenters. The minimum atomic E-state index is 0.448. The number of aryl methyl sites for hydroxylation is 1. The molecule has 26 heavy (non-hydrogen) atoms. The summed E-state index contributed by atoms with van der Waals surface area (Å²) in [6.07, 6.45) is 10.7. The molecule has 0 radical (unpaired) electrons. The van der Waals surface area contributed by atoms with Crippen LogP contribution in [0, 0.1) is 5.92 Å². The second-order valence-electron chi connectivity index (χ2n) is 7.67. The van der Waals surface area contributed by atoms with Gasteiger partial charge in [-0.25, -0.2) is 4.52 Å². The van der Waals surface area contributed by atoms with E-state index in [9.17, 15) is 0 Å². The molecular weight excluding hydrogens is 324 g/mol. The molecule has 0 amide bonds. The van der Waals surface area contributed by atoms with E-state index in [1.54, 1.807) is 0 Å². The van der Waals surface area contributed by atoms with Crippen molar-refractivity contribution < 1.29 is 0 Å². The second-order valence-corrected chi connectivity index (χ2v) is 7.67. The molecule has 3 aromatic rings. The lowest BCUT2D eigenvalue weighted by atomic mass is 9.85. The maximum Gasteiger partial charge on any atom is 0.0706 e. The molecule has 4 heterocycles. The van der Waals surface area contributed by atoms with Crippen LogP contribution in [-0.2, 0) is 13.6 Å². The molecule has 0 N–H and O–H groups in total. The number of likely N-dealkylation sites (tertiary alicyclic amines) is 1. The Balaban J connectivity index is 1.49. The van der Waals surface area contributed by atoms with E-state index in [4.69, 9.17) is 0 Å². The van der Waals surface area contributed by atoms with E-state index in [1.807, 2.05) is 40.9 Å². The van der Waals surface area contributed by atoms with Crippen molar-refractivity contribution in [3.63, 3.8) is 0 Å². The average molecular weight is 352 g/mol. The second kappa shape index (κ2) is 7.21. The Morgan fingerprint density at radius 1 is 1.19 bits per heavy atom. The largest absolute Gasteiger partial charge is 0.302 e. The predicted molar refractivity (Wildman–Crippen MR) is 103 cm³/mol. The van der Waals surface area contributed by atoms with Gasteiger partial charge in [-0.2, -0.15) is 10.2 Å². The van der Waals surface area contributed by atoms with Gasteiger partial charge in [-0.3, -0.25) is 9.58 Å². The minimum Gasteiger partial charge on any atom is -0.302 e. The zero-order valence-corrected chi connectivity index (χ0v) is 15.9. The van der Waals surface area contributed by atoms with Crippen molar-refractivity contribution in [1.82, 2.24) is 29.2 Å². The van der Waals surface area contributed by atoms with Crippen LogP contribution in [0.4, 0.5) is 0 Å². The molecule has 0 aliphatic carbocycles. The summed E-state index contributed by atoms with van der Waals surface area (Å²) in [5.41, 5.74) is 3.82. The van der Waals surface area contributed by atoms with Crippen molar-refractivity contribution in [3.05, 3.63) is 54.1 Å². The molecule has 1 aliphatic rings. The van der Waals surface area contributed by atoms with Crippen LogP contribution in [0.15, 0.2) is 43.0 Å². The Hall–Kier alpha value is -2.18. The monoisotopic (exact) mass is 352 g/mol. The molecule has 0 unspecified atom stereocenters. The quantitative estimate of drug-likeness (QED) is 0.708. The van der Waals surface area contributed by atoms with Gasteiger partial charge < -0.3 is 4.90 Å². The molecule has 0 saturated carbocycles. The Bertz CT molecular complexity index is 866. The Morgan fingerprint density at radius 3 is 2.88 bits per heavy atom. The lowest BCUT2D eigenvalue weighted by molar-refractivity contribution is 0.0927. The molecule has 6 nitrogen and oxygen atoms in total. The summed E-state index contributed by atoms with van der Waals surface area (Å²) in [4.78, 5) is 4.94. The van der Waals surface area contributed by atoms with Crippen LogP contribution in [0.3, 0.4) is 0 Å². The lowest BCUT2D eigenvalue weighted by Crippen LogP contribution is -2.40. The van der Waals surface area contributed by atoms with Crippen molar-refractivity contribution in [1.29, 1.82) is 0 Å². The number of aromatic nitrogens is 4. The average Bonchev–Trinajstić information content (AvgIpc) is 3.22. The van der Waals surface area contributed by atoms with E-state index in [0.717, 1.165) is 19.6 Å². The van der Waals surface area contributed by atoms with Gasteiger partial charge in [0.05, 0.1) is 17.9 Å². The number of piperidine rings is 1. The Morgan fingerprint density at radius 2 is 2.08 bits per heavy atom. The summed E-state index contributed by atoms with van der Waals surface area (Å²) in [7, 11) is 6.47. The number of pyridine rings is 1. The third kappa shape index (κ3) is 3.39. The summed E-state index contributed by atoms with van der Waals surface area (Å²) in [6.45, 7) is 3.16. The normalized spacial score (nSPS) is 21.7. The molecule has 3 aromatic heterocycles.